The zero-order valence-electron chi connectivity index (χ0n) is 13.8. The number of benzene rings is 1. The summed E-state index contributed by atoms with van der Waals surface area (Å²) in [4.78, 5) is 19.7. The molecule has 0 aliphatic heterocycles. The highest BCUT2D eigenvalue weighted by molar-refractivity contribution is 5.80. The molecule has 4 nitrogen and oxygen atoms in total. The zero-order valence-corrected chi connectivity index (χ0v) is 13.8. The first-order chi connectivity index (χ1) is 10.5. The fourth-order valence-corrected chi connectivity index (χ4v) is 3.75. The number of hydrogen-bond acceptors (Lipinski definition) is 3. The maximum Gasteiger partial charge on any atom is 0.261 e. The largest absolute Gasteiger partial charge is 0.302 e. The minimum Gasteiger partial charge on any atom is -0.302 e. The van der Waals surface area contributed by atoms with E-state index in [1.54, 1.807) is 6.33 Å². The molecule has 1 aliphatic rings. The quantitative estimate of drug-likeness (QED) is 0.874. The summed E-state index contributed by atoms with van der Waals surface area (Å²) in [5.41, 5.74) is 1.98. The van der Waals surface area contributed by atoms with Gasteiger partial charge in [-0.3, -0.25) is 9.36 Å². The Bertz CT molecular complexity index is 727. The lowest BCUT2D eigenvalue weighted by Crippen LogP contribution is -2.50. The van der Waals surface area contributed by atoms with Crippen molar-refractivity contribution in [3.05, 3.63) is 40.4 Å². The summed E-state index contributed by atoms with van der Waals surface area (Å²) >= 11 is 0. The lowest BCUT2D eigenvalue weighted by Gasteiger charge is -2.43. The summed E-state index contributed by atoms with van der Waals surface area (Å²) in [5, 5.41) is 0.759. The van der Waals surface area contributed by atoms with Gasteiger partial charge in [-0.2, -0.15) is 0 Å². The van der Waals surface area contributed by atoms with Gasteiger partial charge in [-0.25, -0.2) is 4.98 Å². The molecule has 1 aliphatic carbocycles. The lowest BCUT2D eigenvalue weighted by atomic mass is 9.80. The molecule has 0 unspecified atom stereocenters. The molecule has 22 heavy (non-hydrogen) atoms. The predicted molar refractivity (Wildman–Crippen MR) is 90.2 cm³/mol. The van der Waals surface area contributed by atoms with E-state index < -0.39 is 0 Å². The summed E-state index contributed by atoms with van der Waals surface area (Å²) < 4.78 is 1.82. The molecule has 1 saturated carbocycles. The van der Waals surface area contributed by atoms with Crippen molar-refractivity contribution in [3.8, 4) is 0 Å². The summed E-state index contributed by atoms with van der Waals surface area (Å²) in [5.74, 6) is 0. The minimum atomic E-state index is 0.0835. The second-order valence-electron chi connectivity index (χ2n) is 6.83. The standard InChI is InChI=1S/C18H25N3O/c1-14-8-7-9-15-16(14)17(22)21(13-19-15)12-18(20(2)3)10-5-4-6-11-18/h7-9,13H,4-6,10-12H2,1-3H3. The Balaban J connectivity index is 2.05. The average Bonchev–Trinajstić information content (AvgIpc) is 2.51. The highest BCUT2D eigenvalue weighted by atomic mass is 16.1. The topological polar surface area (TPSA) is 38.1 Å². The van der Waals surface area contributed by atoms with Crippen molar-refractivity contribution in [1.29, 1.82) is 0 Å². The number of likely N-dealkylation sites (N-methyl/N-ethyl adjacent to an activating group) is 1. The van der Waals surface area contributed by atoms with Crippen molar-refractivity contribution >= 4 is 10.9 Å². The molecule has 0 bridgehead atoms. The van der Waals surface area contributed by atoms with E-state index in [2.05, 4.69) is 24.0 Å². The Hall–Kier alpha value is -1.68. The molecular formula is C18H25N3O. The van der Waals surface area contributed by atoms with E-state index in [1.807, 2.05) is 29.7 Å². The van der Waals surface area contributed by atoms with Gasteiger partial charge in [0.25, 0.3) is 5.56 Å². The average molecular weight is 299 g/mol. The maximum atomic E-state index is 12.9. The van der Waals surface area contributed by atoms with E-state index in [0.717, 1.165) is 35.9 Å². The molecule has 1 heterocycles. The van der Waals surface area contributed by atoms with Gasteiger partial charge in [0.05, 0.1) is 17.2 Å². The van der Waals surface area contributed by atoms with Gasteiger partial charge in [0.15, 0.2) is 0 Å². The molecule has 1 fully saturated rings. The van der Waals surface area contributed by atoms with Gasteiger partial charge in [-0.1, -0.05) is 31.4 Å². The van der Waals surface area contributed by atoms with Gasteiger partial charge in [0, 0.05) is 12.1 Å². The van der Waals surface area contributed by atoms with Crippen LogP contribution in [0.25, 0.3) is 10.9 Å². The second kappa shape index (κ2) is 5.84. The van der Waals surface area contributed by atoms with Crippen LogP contribution < -0.4 is 5.56 Å². The van der Waals surface area contributed by atoms with E-state index in [0.29, 0.717) is 0 Å². The second-order valence-corrected chi connectivity index (χ2v) is 6.83. The van der Waals surface area contributed by atoms with E-state index in [1.165, 1.54) is 19.3 Å². The zero-order chi connectivity index (χ0) is 15.7. The van der Waals surface area contributed by atoms with Crippen LogP contribution in [0.3, 0.4) is 0 Å². The van der Waals surface area contributed by atoms with Crippen molar-refractivity contribution in [1.82, 2.24) is 14.5 Å². The SMILES string of the molecule is Cc1cccc2ncn(CC3(N(C)C)CCCCC3)c(=O)c12. The van der Waals surface area contributed by atoms with Gasteiger partial charge < -0.3 is 4.90 Å². The fourth-order valence-electron chi connectivity index (χ4n) is 3.75. The molecule has 4 heteroatoms. The Morgan fingerprint density at radius 2 is 1.95 bits per heavy atom. The number of hydrogen-bond donors (Lipinski definition) is 0. The van der Waals surface area contributed by atoms with E-state index in [9.17, 15) is 4.79 Å². The highest BCUT2D eigenvalue weighted by Gasteiger charge is 2.35. The monoisotopic (exact) mass is 299 g/mol. The van der Waals surface area contributed by atoms with Crippen molar-refractivity contribution in [2.24, 2.45) is 0 Å². The van der Waals surface area contributed by atoms with Crippen molar-refractivity contribution in [3.63, 3.8) is 0 Å². The molecule has 1 aromatic carbocycles. The van der Waals surface area contributed by atoms with Crippen LogP contribution in [0.5, 0.6) is 0 Å². The minimum absolute atomic E-state index is 0.0835. The van der Waals surface area contributed by atoms with Gasteiger partial charge in [-0.05, 0) is 45.5 Å². The molecular weight excluding hydrogens is 274 g/mol. The molecule has 0 N–H and O–H groups in total. The summed E-state index contributed by atoms with van der Waals surface area (Å²) in [6.07, 6.45) is 7.82. The van der Waals surface area contributed by atoms with Gasteiger partial charge in [0.2, 0.25) is 0 Å². The number of fused-ring (bicyclic) bond motifs is 1. The van der Waals surface area contributed by atoms with E-state index in [-0.39, 0.29) is 11.1 Å². The Kier molecular flexibility index (Phi) is 4.04. The number of aryl methyl sites for hydroxylation is 1. The Morgan fingerprint density at radius 3 is 2.64 bits per heavy atom. The number of aromatic nitrogens is 2. The van der Waals surface area contributed by atoms with E-state index in [4.69, 9.17) is 0 Å². The fraction of sp³-hybridized carbons (Fsp3) is 0.556. The van der Waals surface area contributed by atoms with Crippen LogP contribution in [-0.4, -0.2) is 34.1 Å². The molecule has 1 aromatic heterocycles. The van der Waals surface area contributed by atoms with Crippen LogP contribution >= 0.6 is 0 Å². The molecule has 0 radical (unpaired) electrons. The van der Waals surface area contributed by atoms with Gasteiger partial charge in [0.1, 0.15) is 0 Å². The predicted octanol–water partition coefficient (Wildman–Crippen LogP) is 2.97. The third kappa shape index (κ3) is 2.56. The highest BCUT2D eigenvalue weighted by Crippen LogP contribution is 2.33. The Morgan fingerprint density at radius 1 is 1.23 bits per heavy atom. The number of nitrogens with zero attached hydrogens (tertiary/aromatic N) is 3. The van der Waals surface area contributed by atoms with Crippen LogP contribution in [0.1, 0.15) is 37.7 Å². The van der Waals surface area contributed by atoms with Crippen LogP contribution in [0.15, 0.2) is 29.3 Å². The molecule has 118 valence electrons. The normalized spacial score (nSPS) is 18.0. The molecule has 0 amide bonds. The Labute approximate surface area is 131 Å². The summed E-state index contributed by atoms with van der Waals surface area (Å²) in [6.45, 7) is 2.72. The van der Waals surface area contributed by atoms with Crippen LogP contribution in [0, 0.1) is 6.92 Å². The first-order valence-corrected chi connectivity index (χ1v) is 8.16. The third-order valence-corrected chi connectivity index (χ3v) is 5.26. The smallest absolute Gasteiger partial charge is 0.261 e. The number of rotatable bonds is 3. The summed E-state index contributed by atoms with van der Waals surface area (Å²) in [7, 11) is 4.27. The van der Waals surface area contributed by atoms with Crippen molar-refractivity contribution in [2.45, 2.75) is 51.1 Å². The summed E-state index contributed by atoms with van der Waals surface area (Å²) in [6, 6.07) is 5.85. The van der Waals surface area contributed by atoms with Crippen molar-refractivity contribution < 1.29 is 0 Å². The molecule has 0 atom stereocenters. The van der Waals surface area contributed by atoms with E-state index >= 15 is 0 Å². The molecule has 0 spiro atoms. The van der Waals surface area contributed by atoms with Crippen LogP contribution in [-0.2, 0) is 6.54 Å². The van der Waals surface area contributed by atoms with Crippen LogP contribution in [0.2, 0.25) is 0 Å². The van der Waals surface area contributed by atoms with Gasteiger partial charge >= 0.3 is 0 Å². The molecule has 0 saturated heterocycles. The van der Waals surface area contributed by atoms with Crippen LogP contribution in [0.4, 0.5) is 0 Å². The first-order valence-electron chi connectivity index (χ1n) is 8.16. The first kappa shape index (κ1) is 15.2. The third-order valence-electron chi connectivity index (χ3n) is 5.26. The van der Waals surface area contributed by atoms with Gasteiger partial charge in [-0.15, -0.1) is 0 Å². The lowest BCUT2D eigenvalue weighted by molar-refractivity contribution is 0.0795. The molecule has 2 aromatic rings. The van der Waals surface area contributed by atoms with Crippen molar-refractivity contribution in [2.75, 3.05) is 14.1 Å². The maximum absolute atomic E-state index is 12.9. The molecule has 3 rings (SSSR count).